The zero-order chi connectivity index (χ0) is 77.9. The molecule has 9 heterocycles. The molecule has 45 atom stereocenters. The Bertz CT molecular complexity index is 2710. The second-order valence-corrected chi connectivity index (χ2v) is 26.7. The highest BCUT2D eigenvalue weighted by Gasteiger charge is 2.60. The molecule has 9 rings (SSSR count). The van der Waals surface area contributed by atoms with E-state index < -0.39 is 348 Å². The van der Waals surface area contributed by atoms with E-state index in [0.717, 1.165) is 13.8 Å². The van der Waals surface area contributed by atoms with E-state index in [4.69, 9.17) is 80.5 Å². The molecular weight excluding hydrogens is 1460 g/mol. The summed E-state index contributed by atoms with van der Waals surface area (Å²) in [5, 5.41) is 301. The monoisotopic (exact) mass is 1560 g/mol. The lowest BCUT2D eigenvalue weighted by Crippen LogP contribution is -2.70. The molecule has 0 aromatic heterocycles. The van der Waals surface area contributed by atoms with E-state index in [0.29, 0.717) is 0 Å². The van der Waals surface area contributed by atoms with Crippen LogP contribution in [-0.2, 0) is 90.1 Å². The van der Waals surface area contributed by atoms with Gasteiger partial charge in [0.1, 0.15) is 220 Å². The first-order chi connectivity index (χ1) is 50.2. The molecule has 0 radical (unpaired) electrons. The molecule has 2 amide bonds. The Morgan fingerprint density at radius 1 is 0.245 bits per heavy atom. The zero-order valence-electron chi connectivity index (χ0n) is 56.2. The maximum atomic E-state index is 12.9. The molecule has 48 nitrogen and oxygen atoms in total. The zero-order valence-corrected chi connectivity index (χ0v) is 56.2. The summed E-state index contributed by atoms with van der Waals surface area (Å²) >= 11 is 0. The van der Waals surface area contributed by atoms with Crippen molar-refractivity contribution < 1.29 is 228 Å². The molecule has 0 aromatic rings. The maximum absolute atomic E-state index is 12.9. The van der Waals surface area contributed by atoms with Crippen LogP contribution < -0.4 is 10.6 Å². The lowest BCUT2D eigenvalue weighted by molar-refractivity contribution is -0.394. The average Bonchev–Trinajstić information content (AvgIpc) is 0.765. The van der Waals surface area contributed by atoms with Crippen LogP contribution in [0.3, 0.4) is 0 Å². The summed E-state index contributed by atoms with van der Waals surface area (Å²) in [4.78, 5) is 25.0. The molecule has 29 N–H and O–H groups in total. The first-order valence-electron chi connectivity index (χ1n) is 33.7. The molecule has 106 heavy (non-hydrogen) atoms. The van der Waals surface area contributed by atoms with Crippen LogP contribution in [0.4, 0.5) is 0 Å². The van der Waals surface area contributed by atoms with Gasteiger partial charge in [0, 0.05) is 13.8 Å². The van der Waals surface area contributed by atoms with Gasteiger partial charge in [0.05, 0.1) is 59.5 Å². The number of nitrogens with one attached hydrogen (secondary N) is 2. The van der Waals surface area contributed by atoms with Crippen LogP contribution in [0, 0.1) is 0 Å². The van der Waals surface area contributed by atoms with Crippen molar-refractivity contribution in [3.8, 4) is 0 Å². The second-order valence-electron chi connectivity index (χ2n) is 26.7. The number of hydrogen-bond donors (Lipinski definition) is 29. The summed E-state index contributed by atoms with van der Waals surface area (Å²) in [5.41, 5.74) is 0. The molecule has 0 aromatic carbocycles. The molecule has 0 bridgehead atoms. The summed E-state index contributed by atoms with van der Waals surface area (Å²) in [6, 6.07) is -3.54. The Balaban J connectivity index is 1.03. The number of carbonyl (C=O) groups is 2. The van der Waals surface area contributed by atoms with Gasteiger partial charge in [-0.2, -0.15) is 0 Å². The van der Waals surface area contributed by atoms with Crippen molar-refractivity contribution in [2.24, 2.45) is 0 Å². The van der Waals surface area contributed by atoms with Gasteiger partial charge in [0.15, 0.2) is 56.6 Å². The van der Waals surface area contributed by atoms with Crippen LogP contribution in [0.15, 0.2) is 0 Å². The minimum atomic E-state index is -2.52. The van der Waals surface area contributed by atoms with Gasteiger partial charge >= 0.3 is 0 Å². The maximum Gasteiger partial charge on any atom is 0.217 e. The van der Waals surface area contributed by atoms with Crippen LogP contribution in [0.5, 0.6) is 0 Å². The summed E-state index contributed by atoms with van der Waals surface area (Å²) < 4.78 is 98.4. The fourth-order valence-electron chi connectivity index (χ4n) is 13.5. The Hall–Kier alpha value is -2.82. The Labute approximate surface area is 598 Å². The third-order valence-corrected chi connectivity index (χ3v) is 19.5. The minimum absolute atomic E-state index is 0.781. The number of rotatable bonds is 27. The van der Waals surface area contributed by atoms with Crippen LogP contribution in [0.1, 0.15) is 13.8 Å². The van der Waals surface area contributed by atoms with Crippen LogP contribution in [0.25, 0.3) is 0 Å². The smallest absolute Gasteiger partial charge is 0.217 e. The molecule has 9 saturated heterocycles. The van der Waals surface area contributed by atoms with E-state index in [9.17, 15) is 147 Å². The summed E-state index contributed by atoms with van der Waals surface area (Å²) in [6.07, 6.45) is -89.8. The molecule has 9 fully saturated rings. The fraction of sp³-hybridized carbons (Fsp3) is 0.966. The molecule has 0 spiro atoms. The van der Waals surface area contributed by atoms with Gasteiger partial charge in [-0.25, -0.2) is 0 Å². The number of aliphatic hydroxyl groups is 27. The number of aliphatic hydroxyl groups excluding tert-OH is 27. The Morgan fingerprint density at radius 3 is 0.906 bits per heavy atom. The minimum Gasteiger partial charge on any atom is -0.394 e. The van der Waals surface area contributed by atoms with Gasteiger partial charge in [-0.3, -0.25) is 9.59 Å². The molecular formula is C58H98N2O46. The van der Waals surface area contributed by atoms with E-state index in [2.05, 4.69) is 10.6 Å². The topological polar surface area (TPSA) is 761 Å². The number of amides is 2. The van der Waals surface area contributed by atoms with Crippen molar-refractivity contribution in [2.75, 3.05) is 59.5 Å². The molecule has 9 aliphatic rings. The summed E-state index contributed by atoms with van der Waals surface area (Å²) in [5.74, 6) is -1.71. The van der Waals surface area contributed by atoms with Crippen LogP contribution >= 0.6 is 0 Å². The van der Waals surface area contributed by atoms with E-state index in [1.54, 1.807) is 0 Å². The molecule has 0 unspecified atom stereocenters. The number of hydrogen-bond acceptors (Lipinski definition) is 46. The normalized spacial score (nSPS) is 51.2. The van der Waals surface area contributed by atoms with Gasteiger partial charge in [0.25, 0.3) is 0 Å². The highest BCUT2D eigenvalue weighted by Crippen LogP contribution is 2.39. The van der Waals surface area contributed by atoms with Gasteiger partial charge < -0.3 is 229 Å². The van der Waals surface area contributed by atoms with E-state index in [-0.39, 0.29) is 0 Å². The molecule has 0 aliphatic carbocycles. The predicted octanol–water partition coefficient (Wildman–Crippen LogP) is -20.3. The van der Waals surface area contributed by atoms with E-state index in [1.807, 2.05) is 0 Å². The molecule has 9 aliphatic heterocycles. The van der Waals surface area contributed by atoms with Crippen LogP contribution in [0.2, 0.25) is 0 Å². The van der Waals surface area contributed by atoms with Gasteiger partial charge in [-0.15, -0.1) is 0 Å². The first-order valence-corrected chi connectivity index (χ1v) is 33.7. The quantitative estimate of drug-likeness (QED) is 0.0363. The van der Waals surface area contributed by atoms with Crippen molar-refractivity contribution in [2.45, 2.75) is 290 Å². The van der Waals surface area contributed by atoms with Crippen molar-refractivity contribution in [3.63, 3.8) is 0 Å². The Kier molecular flexibility index (Phi) is 31.1. The van der Waals surface area contributed by atoms with Crippen molar-refractivity contribution in [1.82, 2.24) is 10.6 Å². The first kappa shape index (κ1) is 87.2. The van der Waals surface area contributed by atoms with Gasteiger partial charge in [-0.05, 0) is 0 Å². The SMILES string of the molecule is CC(=O)N[C@@H]1[C@@H](O)[C@H](O[C@@H]2O[C@H](CO)[C@@H](O[C@@H]3O[C@H](CO[C@H]4O[C@H](CO[C@H]5O[C@H](CO)[C@@H](O)[C@H](O)[C@@H]5O[C@H]5O[C@H](CO)[C@@H](O)[C@H](O)[C@@H]5O)[C@@H](O)[C@H](O[C@H]5O[C@H](CO)[C@@H](O)[C@H](O)[C@@H]5O)[C@@H]4O)[C@@H](O)[C@H](O[C@H]4O[C@H](CO)[C@@H](O)[C@H](O[C@H]5O[C@H](CO)[C@@H](O)[C@H](O)[C@@H]5O)[C@@H]4O)[C@@H]3O)[C@H](O)[C@H]2NC(C)=O)[C@@H](CO)O[C@H]1O. The lowest BCUT2D eigenvalue weighted by atomic mass is 9.94. The fourth-order valence-corrected chi connectivity index (χ4v) is 13.5. The third kappa shape index (κ3) is 18.7. The molecule has 616 valence electrons. The average molecular weight is 1560 g/mol. The summed E-state index contributed by atoms with van der Waals surface area (Å²) in [7, 11) is 0. The number of ether oxygens (including phenoxy) is 17. The standard InChI is InChI=1S/C58H98N2O46/c1-12(68)59-23-32(77)44(19(8-66)92-50(23)89)101-51-24(60-13(2)69)33(78)45(20(9-67)98-51)102-57-43(88)48(105-56-42(87)46(29(74)18(7-65)96-56)103-53-38(83)34(79)25(70)14(3-61)93-53)31(76)22(100-57)10-90-52-41(86)47(104-54-39(84)35(80)26(71)15(4-62)94-54)30(75)21(99-52)11-91-58-49(37(82)28(73)17(6-64)97-58)106-55-40(85)36(81)27(72)16(5-63)95-55/h14-58,61-67,70-89H,3-11H2,1-2H3,(H,59,68)(H,60,69)/t14-,15-,16-,17-,18-,19-,20-,21-,22-,23-,24-,25-,26-,27-,28-,29-,30-,31-,32-,33-,34+,35+,36+,37+,38+,39+,40+,41+,42+,43+,44-,45-,46+,47+,48+,49+,50-,51+,52+,53-,54-,55-,56-,57+,58+/m1/s1. The van der Waals surface area contributed by atoms with Crippen LogP contribution in [-0.4, -0.2) is 485 Å². The van der Waals surface area contributed by atoms with E-state index >= 15 is 0 Å². The number of carbonyl (C=O) groups excluding carboxylic acids is 2. The highest BCUT2D eigenvalue weighted by molar-refractivity contribution is 5.73. The third-order valence-electron chi connectivity index (χ3n) is 19.5. The van der Waals surface area contributed by atoms with Gasteiger partial charge in [0.2, 0.25) is 11.8 Å². The van der Waals surface area contributed by atoms with Crippen molar-refractivity contribution in [1.29, 1.82) is 0 Å². The summed E-state index contributed by atoms with van der Waals surface area (Å²) in [6.45, 7) is -7.70. The highest BCUT2D eigenvalue weighted by atomic mass is 16.8. The van der Waals surface area contributed by atoms with Crippen molar-refractivity contribution >= 4 is 11.8 Å². The second kappa shape index (κ2) is 37.9. The Morgan fingerprint density at radius 2 is 0.509 bits per heavy atom. The van der Waals surface area contributed by atoms with Gasteiger partial charge in [-0.1, -0.05) is 0 Å². The van der Waals surface area contributed by atoms with Crippen molar-refractivity contribution in [3.05, 3.63) is 0 Å². The lowest BCUT2D eigenvalue weighted by Gasteiger charge is -2.50. The van der Waals surface area contributed by atoms with E-state index in [1.165, 1.54) is 0 Å². The molecule has 48 heteroatoms. The predicted molar refractivity (Wildman–Crippen MR) is 320 cm³/mol. The molecule has 0 saturated carbocycles. The largest absolute Gasteiger partial charge is 0.394 e.